The zero-order valence-electron chi connectivity index (χ0n) is 14.1. The van der Waals surface area contributed by atoms with Crippen LogP contribution in [0.15, 0.2) is 76.5 Å². The molecule has 7 nitrogen and oxygen atoms in total. The van der Waals surface area contributed by atoms with Gasteiger partial charge in [0.1, 0.15) is 11.6 Å². The van der Waals surface area contributed by atoms with Crippen LogP contribution in [0.2, 0.25) is 0 Å². The summed E-state index contributed by atoms with van der Waals surface area (Å²) in [7, 11) is 0. The van der Waals surface area contributed by atoms with Gasteiger partial charge >= 0.3 is 0 Å². The highest BCUT2D eigenvalue weighted by Crippen LogP contribution is 2.26. The van der Waals surface area contributed by atoms with E-state index >= 15 is 0 Å². The molecule has 0 spiro atoms. The number of halogens is 1. The summed E-state index contributed by atoms with van der Waals surface area (Å²) in [4.78, 5) is 10.3. The van der Waals surface area contributed by atoms with Crippen LogP contribution in [0.4, 0.5) is 15.8 Å². The van der Waals surface area contributed by atoms with Gasteiger partial charge in [-0.15, -0.1) is 0 Å². The summed E-state index contributed by atoms with van der Waals surface area (Å²) in [5.74, 6) is 0.208. The Morgan fingerprint density at radius 2 is 1.89 bits per heavy atom. The molecule has 0 aliphatic rings. The number of nitro benzene ring substituents is 1. The van der Waals surface area contributed by atoms with Gasteiger partial charge in [-0.05, 0) is 42.0 Å². The van der Waals surface area contributed by atoms with Crippen molar-refractivity contribution in [1.82, 2.24) is 0 Å². The molecule has 1 unspecified atom stereocenters. The monoisotopic (exact) mass is 369 g/mol. The van der Waals surface area contributed by atoms with Crippen LogP contribution in [0, 0.1) is 15.9 Å². The average Bonchev–Trinajstić information content (AvgIpc) is 3.21. The standard InChI is InChI=1S/C19H16FN3O4/c20-14-5-3-13(4-6-14)17(22-24)12-18(19-2-1-11-27-19)21-15-7-9-16(10-8-15)23(25)26/h1-11,18,21,24H,12H2/b22-17-. The summed E-state index contributed by atoms with van der Waals surface area (Å²) >= 11 is 0. The number of hydrogen-bond acceptors (Lipinski definition) is 6. The molecule has 8 heteroatoms. The maximum atomic E-state index is 13.1. The average molecular weight is 369 g/mol. The van der Waals surface area contributed by atoms with Crippen molar-refractivity contribution in [3.8, 4) is 0 Å². The maximum absolute atomic E-state index is 13.1. The molecular weight excluding hydrogens is 353 g/mol. The van der Waals surface area contributed by atoms with E-state index in [0.29, 0.717) is 22.7 Å². The zero-order chi connectivity index (χ0) is 19.2. The molecule has 0 saturated carbocycles. The van der Waals surface area contributed by atoms with Crippen molar-refractivity contribution in [2.45, 2.75) is 12.5 Å². The predicted octanol–water partition coefficient (Wildman–Crippen LogP) is 4.75. The Morgan fingerprint density at radius 1 is 1.19 bits per heavy atom. The van der Waals surface area contributed by atoms with Gasteiger partial charge in [0, 0.05) is 24.2 Å². The largest absolute Gasteiger partial charge is 0.467 e. The number of benzene rings is 2. The van der Waals surface area contributed by atoms with Gasteiger partial charge in [0.15, 0.2) is 0 Å². The molecule has 1 heterocycles. The fourth-order valence-electron chi connectivity index (χ4n) is 2.64. The first-order valence-corrected chi connectivity index (χ1v) is 8.08. The fraction of sp³-hybridized carbons (Fsp3) is 0.105. The maximum Gasteiger partial charge on any atom is 0.269 e. The van der Waals surface area contributed by atoms with Gasteiger partial charge in [0.2, 0.25) is 0 Å². The number of furan rings is 1. The van der Waals surface area contributed by atoms with Gasteiger partial charge < -0.3 is 14.9 Å². The minimum Gasteiger partial charge on any atom is -0.467 e. The topological polar surface area (TPSA) is 101 Å². The molecule has 27 heavy (non-hydrogen) atoms. The molecule has 0 bridgehead atoms. The number of non-ortho nitro benzene ring substituents is 1. The van der Waals surface area contributed by atoms with Crippen LogP contribution in [0.1, 0.15) is 23.8 Å². The highest BCUT2D eigenvalue weighted by atomic mass is 19.1. The fourth-order valence-corrected chi connectivity index (χ4v) is 2.64. The lowest BCUT2D eigenvalue weighted by atomic mass is 10.0. The van der Waals surface area contributed by atoms with Crippen molar-refractivity contribution in [2.75, 3.05) is 5.32 Å². The Hall–Kier alpha value is -3.68. The number of hydrogen-bond donors (Lipinski definition) is 2. The van der Waals surface area contributed by atoms with Gasteiger partial charge in [-0.3, -0.25) is 10.1 Å². The number of nitrogens with zero attached hydrogens (tertiary/aromatic N) is 2. The molecule has 3 aromatic rings. The van der Waals surface area contributed by atoms with Gasteiger partial charge in [-0.2, -0.15) is 0 Å². The third-order valence-electron chi connectivity index (χ3n) is 4.00. The van der Waals surface area contributed by atoms with Crippen molar-refractivity contribution >= 4 is 17.1 Å². The second kappa shape index (κ2) is 8.13. The third-order valence-corrected chi connectivity index (χ3v) is 4.00. The molecule has 1 atom stereocenters. The minimum atomic E-state index is -0.473. The molecule has 3 rings (SSSR count). The molecule has 0 radical (unpaired) electrons. The first kappa shape index (κ1) is 18.1. The lowest BCUT2D eigenvalue weighted by Crippen LogP contribution is -2.16. The van der Waals surface area contributed by atoms with E-state index in [1.807, 2.05) is 0 Å². The summed E-state index contributed by atoms with van der Waals surface area (Å²) in [6.07, 6.45) is 1.76. The normalized spacial score (nSPS) is 12.6. The van der Waals surface area contributed by atoms with Crippen LogP contribution >= 0.6 is 0 Å². The number of rotatable bonds is 7. The molecule has 0 aliphatic heterocycles. The molecule has 0 fully saturated rings. The second-order valence-electron chi connectivity index (χ2n) is 5.77. The minimum absolute atomic E-state index is 0.0148. The summed E-state index contributed by atoms with van der Waals surface area (Å²) in [6.45, 7) is 0. The number of nitro groups is 1. The Bertz CT molecular complexity index is 923. The number of anilines is 1. The summed E-state index contributed by atoms with van der Waals surface area (Å²) < 4.78 is 18.6. The Balaban J connectivity index is 1.83. The van der Waals surface area contributed by atoms with Gasteiger partial charge in [-0.1, -0.05) is 17.3 Å². The Kier molecular flexibility index (Phi) is 5.46. The lowest BCUT2D eigenvalue weighted by Gasteiger charge is -2.18. The molecule has 1 aromatic heterocycles. The van der Waals surface area contributed by atoms with Crippen LogP contribution in [-0.2, 0) is 0 Å². The first-order valence-electron chi connectivity index (χ1n) is 8.08. The number of oxime groups is 1. The molecule has 0 amide bonds. The summed E-state index contributed by atoms with van der Waals surface area (Å²) in [5, 5.41) is 26.8. The SMILES string of the molecule is O=[N+]([O-])c1ccc(NC(C/C(=N/O)c2ccc(F)cc2)c2ccco2)cc1. The van der Waals surface area contributed by atoms with E-state index in [4.69, 9.17) is 4.42 Å². The highest BCUT2D eigenvalue weighted by molar-refractivity contribution is 6.00. The molecule has 2 N–H and O–H groups in total. The van der Waals surface area contributed by atoms with Crippen LogP contribution in [-0.4, -0.2) is 15.8 Å². The van der Waals surface area contributed by atoms with Crippen molar-refractivity contribution < 1.29 is 18.9 Å². The molecule has 0 saturated heterocycles. The highest BCUT2D eigenvalue weighted by Gasteiger charge is 2.19. The summed E-state index contributed by atoms with van der Waals surface area (Å²) in [5.41, 5.74) is 1.53. The molecule has 0 aliphatic carbocycles. The van der Waals surface area contributed by atoms with Crippen molar-refractivity contribution in [1.29, 1.82) is 0 Å². The van der Waals surface area contributed by atoms with Crippen LogP contribution in [0.25, 0.3) is 0 Å². The zero-order valence-corrected chi connectivity index (χ0v) is 14.1. The van der Waals surface area contributed by atoms with Gasteiger partial charge in [0.25, 0.3) is 5.69 Å². The molecule has 138 valence electrons. The number of nitrogens with one attached hydrogen (secondary N) is 1. The second-order valence-corrected chi connectivity index (χ2v) is 5.77. The van der Waals surface area contributed by atoms with E-state index in [2.05, 4.69) is 10.5 Å². The Labute approximate surface area is 153 Å². The molecular formula is C19H16FN3O4. The first-order chi connectivity index (χ1) is 13.1. The molecule has 2 aromatic carbocycles. The van der Waals surface area contributed by atoms with Gasteiger partial charge in [-0.25, -0.2) is 4.39 Å². The van der Waals surface area contributed by atoms with E-state index in [1.165, 1.54) is 42.7 Å². The predicted molar refractivity (Wildman–Crippen MR) is 97.5 cm³/mol. The van der Waals surface area contributed by atoms with E-state index in [9.17, 15) is 19.7 Å². The van der Waals surface area contributed by atoms with E-state index in [1.54, 1.807) is 24.3 Å². The third kappa shape index (κ3) is 4.49. The Morgan fingerprint density at radius 3 is 2.44 bits per heavy atom. The van der Waals surface area contributed by atoms with Crippen LogP contribution in [0.3, 0.4) is 0 Å². The van der Waals surface area contributed by atoms with Crippen molar-refractivity contribution in [3.05, 3.63) is 94.2 Å². The smallest absolute Gasteiger partial charge is 0.269 e. The van der Waals surface area contributed by atoms with E-state index in [0.717, 1.165) is 0 Å². The van der Waals surface area contributed by atoms with Crippen molar-refractivity contribution in [2.24, 2.45) is 5.16 Å². The van der Waals surface area contributed by atoms with E-state index < -0.39 is 11.0 Å². The van der Waals surface area contributed by atoms with Crippen LogP contribution in [0.5, 0.6) is 0 Å². The van der Waals surface area contributed by atoms with E-state index in [-0.39, 0.29) is 17.9 Å². The van der Waals surface area contributed by atoms with Crippen LogP contribution < -0.4 is 5.32 Å². The van der Waals surface area contributed by atoms with Crippen molar-refractivity contribution in [3.63, 3.8) is 0 Å². The lowest BCUT2D eigenvalue weighted by molar-refractivity contribution is -0.384. The summed E-state index contributed by atoms with van der Waals surface area (Å²) in [6, 6.07) is 14.7. The van der Waals surface area contributed by atoms with Gasteiger partial charge in [0.05, 0.1) is 22.9 Å². The quantitative estimate of drug-likeness (QED) is 0.271.